The van der Waals surface area contributed by atoms with Crippen molar-refractivity contribution in [3.05, 3.63) is 88.7 Å². The van der Waals surface area contributed by atoms with Gasteiger partial charge in [0.1, 0.15) is 5.82 Å². The molecule has 0 fully saturated rings. The summed E-state index contributed by atoms with van der Waals surface area (Å²) < 4.78 is 13.8. The molecule has 4 rings (SSSR count). The lowest BCUT2D eigenvalue weighted by atomic mass is 10.1. The van der Waals surface area contributed by atoms with Crippen LogP contribution in [0.2, 0.25) is 0 Å². The molecule has 0 spiro atoms. The number of hydrogen-bond acceptors (Lipinski definition) is 4. The van der Waals surface area contributed by atoms with Gasteiger partial charge in [-0.25, -0.2) is 9.38 Å². The van der Waals surface area contributed by atoms with Gasteiger partial charge < -0.3 is 5.32 Å². The van der Waals surface area contributed by atoms with Crippen molar-refractivity contribution < 1.29 is 9.18 Å². The summed E-state index contributed by atoms with van der Waals surface area (Å²) in [5.74, 6) is -0.366. The second kappa shape index (κ2) is 9.49. The molecular weight excluding hydrogens is 421 g/mol. The number of fused-ring (bicyclic) bond motifs is 1. The highest BCUT2D eigenvalue weighted by atomic mass is 32.2. The highest BCUT2D eigenvalue weighted by Crippen LogP contribution is 2.36. The van der Waals surface area contributed by atoms with E-state index in [4.69, 9.17) is 9.98 Å². The lowest BCUT2D eigenvalue weighted by Crippen LogP contribution is -2.16. The molecule has 1 heterocycles. The van der Waals surface area contributed by atoms with Gasteiger partial charge in [0.2, 0.25) is 5.91 Å². The molecule has 0 radical (unpaired) electrons. The average molecular weight is 446 g/mol. The zero-order chi connectivity index (χ0) is 22.7. The van der Waals surface area contributed by atoms with Crippen molar-refractivity contribution in [2.75, 3.05) is 11.1 Å². The number of thioether (sulfide) groups is 1. The summed E-state index contributed by atoms with van der Waals surface area (Å²) in [6.07, 6.45) is 0.536. The highest BCUT2D eigenvalue weighted by Gasteiger charge is 2.17. The van der Waals surface area contributed by atoms with Gasteiger partial charge in [-0.3, -0.25) is 9.79 Å². The number of nitrogens with one attached hydrogen (secondary N) is 1. The van der Waals surface area contributed by atoms with Crippen LogP contribution in [0.15, 0.2) is 70.6 Å². The van der Waals surface area contributed by atoms with Crippen molar-refractivity contribution in [1.82, 2.24) is 0 Å². The largest absolute Gasteiger partial charge is 0.325 e. The number of aliphatic imine (C=N–C) groups is 2. The quantitative estimate of drug-likeness (QED) is 0.487. The number of benzene rings is 3. The molecule has 0 atom stereocenters. The van der Waals surface area contributed by atoms with Crippen molar-refractivity contribution in [3.8, 4) is 0 Å². The minimum atomic E-state index is -0.338. The van der Waals surface area contributed by atoms with E-state index in [1.54, 1.807) is 19.1 Å². The van der Waals surface area contributed by atoms with Gasteiger partial charge in [0.05, 0.1) is 27.9 Å². The van der Waals surface area contributed by atoms with E-state index in [-0.39, 0.29) is 17.5 Å². The van der Waals surface area contributed by atoms with Crippen LogP contribution in [-0.2, 0) is 4.79 Å². The summed E-state index contributed by atoms with van der Waals surface area (Å²) in [5, 5.41) is 3.58. The maximum absolute atomic E-state index is 13.8. The van der Waals surface area contributed by atoms with Gasteiger partial charge in [-0.05, 0) is 67.3 Å². The van der Waals surface area contributed by atoms with Gasteiger partial charge in [-0.2, -0.15) is 0 Å². The number of rotatable bonds is 4. The van der Waals surface area contributed by atoms with E-state index in [0.29, 0.717) is 17.7 Å². The number of nitrogens with zero attached hydrogens (tertiary/aromatic N) is 2. The highest BCUT2D eigenvalue weighted by molar-refractivity contribution is 8.14. The molecule has 0 aliphatic carbocycles. The number of hydrogen-bond donors (Lipinski definition) is 1. The molecule has 1 aliphatic rings. The van der Waals surface area contributed by atoms with Crippen LogP contribution in [0.5, 0.6) is 0 Å². The van der Waals surface area contributed by atoms with Crippen LogP contribution >= 0.6 is 11.8 Å². The maximum atomic E-state index is 13.8. The molecule has 3 aromatic carbocycles. The summed E-state index contributed by atoms with van der Waals surface area (Å²) in [4.78, 5) is 22.3. The molecule has 4 nitrogen and oxygen atoms in total. The number of carbonyl (C=O) groups is 1. The molecule has 6 heteroatoms. The Morgan fingerprint density at radius 2 is 1.62 bits per heavy atom. The molecule has 0 unspecified atom stereocenters. The topological polar surface area (TPSA) is 53.8 Å². The molecule has 0 saturated carbocycles. The van der Waals surface area contributed by atoms with Crippen LogP contribution in [0.3, 0.4) is 0 Å². The number of halogens is 1. The first-order chi connectivity index (χ1) is 15.4. The SMILES string of the molecule is Cc1cc2c(cc1C)N=C(c1ccccc1)CC(SCC(=O)Nc1ccc(C)c(F)c1)=N2. The van der Waals surface area contributed by atoms with E-state index in [2.05, 4.69) is 25.2 Å². The maximum Gasteiger partial charge on any atom is 0.234 e. The Kier molecular flexibility index (Phi) is 6.51. The van der Waals surface area contributed by atoms with Crippen LogP contribution in [0.25, 0.3) is 0 Å². The summed E-state index contributed by atoms with van der Waals surface area (Å²) in [5.41, 5.74) is 6.90. The summed E-state index contributed by atoms with van der Waals surface area (Å²) in [7, 11) is 0. The fraction of sp³-hybridized carbons (Fsp3) is 0.192. The van der Waals surface area contributed by atoms with E-state index >= 15 is 0 Å². The Bertz CT molecular complexity index is 1240. The number of amides is 1. The molecule has 0 saturated heterocycles. The molecule has 3 aromatic rings. The summed E-state index contributed by atoms with van der Waals surface area (Å²) in [6.45, 7) is 5.81. The molecule has 162 valence electrons. The minimum Gasteiger partial charge on any atom is -0.325 e. The lowest BCUT2D eigenvalue weighted by Gasteiger charge is -2.09. The Balaban J connectivity index is 1.56. The number of carbonyl (C=O) groups excluding carboxylic acids is 1. The first-order valence-electron chi connectivity index (χ1n) is 10.4. The first kappa shape index (κ1) is 22.0. The fourth-order valence-electron chi connectivity index (χ4n) is 3.36. The van der Waals surface area contributed by atoms with Gasteiger partial charge in [-0.1, -0.05) is 36.4 Å². The second-order valence-electron chi connectivity index (χ2n) is 7.83. The van der Waals surface area contributed by atoms with E-state index in [1.165, 1.54) is 17.8 Å². The monoisotopic (exact) mass is 445 g/mol. The summed E-state index contributed by atoms with van der Waals surface area (Å²) in [6, 6.07) is 18.8. The lowest BCUT2D eigenvalue weighted by molar-refractivity contribution is -0.113. The predicted octanol–water partition coefficient (Wildman–Crippen LogP) is 6.68. The van der Waals surface area contributed by atoms with Gasteiger partial charge in [0.15, 0.2) is 0 Å². The van der Waals surface area contributed by atoms with Crippen LogP contribution in [0.1, 0.15) is 28.7 Å². The molecule has 0 bridgehead atoms. The summed E-state index contributed by atoms with van der Waals surface area (Å²) >= 11 is 1.38. The smallest absolute Gasteiger partial charge is 0.234 e. The van der Waals surface area contributed by atoms with E-state index in [9.17, 15) is 9.18 Å². The molecular formula is C26H24FN3OS. The Morgan fingerprint density at radius 1 is 0.938 bits per heavy atom. The molecule has 1 aliphatic heterocycles. The molecule has 1 N–H and O–H groups in total. The van der Waals surface area contributed by atoms with Crippen LogP contribution in [-0.4, -0.2) is 22.4 Å². The van der Waals surface area contributed by atoms with Crippen molar-refractivity contribution >= 4 is 45.5 Å². The van der Waals surface area contributed by atoms with Crippen LogP contribution in [0, 0.1) is 26.6 Å². The van der Waals surface area contributed by atoms with E-state index in [0.717, 1.165) is 38.8 Å². The zero-order valence-electron chi connectivity index (χ0n) is 18.3. The van der Waals surface area contributed by atoms with Gasteiger partial charge in [-0.15, -0.1) is 11.8 Å². The molecule has 0 aromatic heterocycles. The number of anilines is 1. The van der Waals surface area contributed by atoms with Crippen molar-refractivity contribution in [1.29, 1.82) is 0 Å². The third-order valence-corrected chi connectivity index (χ3v) is 6.32. The predicted molar refractivity (Wildman–Crippen MR) is 132 cm³/mol. The van der Waals surface area contributed by atoms with Crippen molar-refractivity contribution in [2.24, 2.45) is 9.98 Å². The second-order valence-corrected chi connectivity index (χ2v) is 8.88. The Labute approximate surface area is 191 Å². The Hall–Kier alpha value is -3.25. The average Bonchev–Trinajstić information content (AvgIpc) is 2.95. The van der Waals surface area contributed by atoms with Crippen molar-refractivity contribution in [2.45, 2.75) is 27.2 Å². The Morgan fingerprint density at radius 3 is 2.31 bits per heavy atom. The fourth-order valence-corrected chi connectivity index (χ4v) is 4.14. The minimum absolute atomic E-state index is 0.177. The zero-order valence-corrected chi connectivity index (χ0v) is 19.1. The van der Waals surface area contributed by atoms with Crippen molar-refractivity contribution in [3.63, 3.8) is 0 Å². The first-order valence-corrected chi connectivity index (χ1v) is 11.4. The third kappa shape index (κ3) is 5.14. The van der Waals surface area contributed by atoms with Crippen LogP contribution < -0.4 is 5.32 Å². The van der Waals surface area contributed by atoms with E-state index in [1.807, 2.05) is 36.4 Å². The van der Waals surface area contributed by atoms with Gasteiger partial charge in [0.25, 0.3) is 0 Å². The van der Waals surface area contributed by atoms with Crippen LogP contribution in [0.4, 0.5) is 21.5 Å². The number of aryl methyl sites for hydroxylation is 3. The van der Waals surface area contributed by atoms with E-state index < -0.39 is 0 Å². The van der Waals surface area contributed by atoms with Gasteiger partial charge in [0, 0.05) is 12.1 Å². The standard InChI is InChI=1S/C26H24FN3OS/c1-16-9-10-20(13-21(16)27)28-25(31)15-32-26-14-22(19-7-5-4-6-8-19)29-23-11-17(2)18(3)12-24(23)30-26/h4-13H,14-15H2,1-3H3,(H,28,31). The third-order valence-electron chi connectivity index (χ3n) is 5.34. The molecule has 32 heavy (non-hydrogen) atoms. The normalized spacial score (nSPS) is 13.0. The molecule has 1 amide bonds. The van der Waals surface area contributed by atoms with Gasteiger partial charge >= 0.3 is 0 Å².